The van der Waals surface area contributed by atoms with Crippen molar-refractivity contribution in [2.75, 3.05) is 11.8 Å². The molecule has 0 aliphatic rings. The summed E-state index contributed by atoms with van der Waals surface area (Å²) in [6.07, 6.45) is 0. The van der Waals surface area contributed by atoms with Gasteiger partial charge in [-0.25, -0.2) is 9.53 Å². The zero-order valence-corrected chi connectivity index (χ0v) is 17.5. The molecule has 9 heteroatoms. The molecule has 0 bridgehead atoms. The monoisotopic (exact) mass is 431 g/mol. The Morgan fingerprint density at radius 3 is 2.40 bits per heavy atom. The molecule has 3 rings (SSSR count). The van der Waals surface area contributed by atoms with Crippen LogP contribution in [0.15, 0.2) is 48.5 Å². The third-order valence-corrected chi connectivity index (χ3v) is 5.33. The highest BCUT2D eigenvalue weighted by atomic mass is 32.2. The Kier molecular flexibility index (Phi) is 5.95. The molecule has 0 radical (unpaired) electrons. The van der Waals surface area contributed by atoms with Crippen LogP contribution in [0, 0.1) is 12.7 Å². The quantitative estimate of drug-likeness (QED) is 0.497. The SMILES string of the molecule is COc1ccc(C(=O)c2[nH]c(C(C)c3ccc(NS(N)(=O)=O)cc3F)cc2C)cc1. The van der Waals surface area contributed by atoms with Gasteiger partial charge in [-0.05, 0) is 60.5 Å². The highest BCUT2D eigenvalue weighted by molar-refractivity contribution is 7.90. The highest BCUT2D eigenvalue weighted by Crippen LogP contribution is 2.29. The van der Waals surface area contributed by atoms with Gasteiger partial charge >= 0.3 is 0 Å². The minimum Gasteiger partial charge on any atom is -0.497 e. The number of halogens is 1. The maximum absolute atomic E-state index is 14.6. The lowest BCUT2D eigenvalue weighted by molar-refractivity contribution is 0.103. The second-order valence-corrected chi connectivity index (χ2v) is 8.24. The maximum atomic E-state index is 14.6. The Morgan fingerprint density at radius 1 is 1.17 bits per heavy atom. The predicted molar refractivity (Wildman–Crippen MR) is 113 cm³/mol. The van der Waals surface area contributed by atoms with Crippen LogP contribution in [0.3, 0.4) is 0 Å². The van der Waals surface area contributed by atoms with Gasteiger partial charge in [0.2, 0.25) is 5.78 Å². The van der Waals surface area contributed by atoms with Crippen molar-refractivity contribution in [3.8, 4) is 5.75 Å². The second-order valence-electron chi connectivity index (χ2n) is 6.95. The van der Waals surface area contributed by atoms with Gasteiger partial charge in [0.15, 0.2) is 0 Å². The number of benzene rings is 2. The number of hydrogen-bond acceptors (Lipinski definition) is 4. The summed E-state index contributed by atoms with van der Waals surface area (Å²) in [6.45, 7) is 3.59. The Balaban J connectivity index is 1.87. The van der Waals surface area contributed by atoms with Crippen LogP contribution in [-0.4, -0.2) is 26.3 Å². The van der Waals surface area contributed by atoms with Crippen molar-refractivity contribution in [2.45, 2.75) is 19.8 Å². The van der Waals surface area contributed by atoms with Gasteiger partial charge in [0.25, 0.3) is 10.2 Å². The van der Waals surface area contributed by atoms with Crippen LogP contribution in [0.1, 0.15) is 45.7 Å². The summed E-state index contributed by atoms with van der Waals surface area (Å²) in [7, 11) is -2.44. The van der Waals surface area contributed by atoms with Crippen molar-refractivity contribution in [3.63, 3.8) is 0 Å². The lowest BCUT2D eigenvalue weighted by Gasteiger charge is -2.13. The minimum atomic E-state index is -3.99. The largest absolute Gasteiger partial charge is 0.497 e. The molecule has 0 spiro atoms. The molecule has 0 aliphatic carbocycles. The van der Waals surface area contributed by atoms with Gasteiger partial charge in [-0.2, -0.15) is 8.42 Å². The fraction of sp³-hybridized carbons (Fsp3) is 0.190. The molecule has 1 aromatic heterocycles. The van der Waals surface area contributed by atoms with Gasteiger partial charge < -0.3 is 9.72 Å². The van der Waals surface area contributed by atoms with E-state index in [1.807, 2.05) is 4.72 Å². The van der Waals surface area contributed by atoms with E-state index in [0.717, 1.165) is 11.6 Å². The van der Waals surface area contributed by atoms with Crippen LogP contribution >= 0.6 is 0 Å². The smallest absolute Gasteiger partial charge is 0.296 e. The average Bonchev–Trinajstić information content (AvgIpc) is 3.07. The first-order valence-electron chi connectivity index (χ1n) is 9.07. The molecule has 3 aromatic rings. The number of nitrogens with two attached hydrogens (primary N) is 1. The molecule has 0 amide bonds. The minimum absolute atomic E-state index is 0.0315. The molecule has 7 nitrogen and oxygen atoms in total. The molecule has 2 aromatic carbocycles. The molecule has 1 atom stereocenters. The number of H-pyrrole nitrogens is 1. The van der Waals surface area contributed by atoms with E-state index in [4.69, 9.17) is 9.88 Å². The highest BCUT2D eigenvalue weighted by Gasteiger charge is 2.20. The van der Waals surface area contributed by atoms with E-state index in [2.05, 4.69) is 4.98 Å². The lowest BCUT2D eigenvalue weighted by atomic mass is 9.97. The molecule has 0 aliphatic heterocycles. The lowest BCUT2D eigenvalue weighted by Crippen LogP contribution is -2.21. The third kappa shape index (κ3) is 4.69. The maximum Gasteiger partial charge on any atom is 0.296 e. The first-order chi connectivity index (χ1) is 14.1. The zero-order valence-electron chi connectivity index (χ0n) is 16.7. The number of aromatic nitrogens is 1. The number of aromatic amines is 1. The number of rotatable bonds is 7. The molecule has 0 saturated carbocycles. The number of hydrogen-bond donors (Lipinski definition) is 3. The summed E-state index contributed by atoms with van der Waals surface area (Å²) in [6, 6.07) is 12.6. The van der Waals surface area contributed by atoms with E-state index in [1.165, 1.54) is 12.1 Å². The van der Waals surface area contributed by atoms with Crippen molar-refractivity contribution in [2.24, 2.45) is 5.14 Å². The third-order valence-electron chi connectivity index (χ3n) is 4.81. The Bertz CT molecular complexity index is 1190. The van der Waals surface area contributed by atoms with Gasteiger partial charge in [0.05, 0.1) is 18.5 Å². The van der Waals surface area contributed by atoms with Gasteiger partial charge in [0.1, 0.15) is 11.6 Å². The van der Waals surface area contributed by atoms with E-state index in [1.54, 1.807) is 51.3 Å². The van der Waals surface area contributed by atoms with Crippen LogP contribution in [0.4, 0.5) is 10.1 Å². The number of methoxy groups -OCH3 is 1. The van der Waals surface area contributed by atoms with E-state index >= 15 is 0 Å². The van der Waals surface area contributed by atoms with Crippen LogP contribution in [0.25, 0.3) is 0 Å². The molecular weight excluding hydrogens is 409 g/mol. The second kappa shape index (κ2) is 8.29. The fourth-order valence-electron chi connectivity index (χ4n) is 3.21. The molecule has 0 fully saturated rings. The normalized spacial score (nSPS) is 12.4. The van der Waals surface area contributed by atoms with Crippen LogP contribution in [0.5, 0.6) is 5.75 Å². The van der Waals surface area contributed by atoms with Crippen molar-refractivity contribution >= 4 is 21.7 Å². The van der Waals surface area contributed by atoms with Crippen molar-refractivity contribution in [1.29, 1.82) is 0 Å². The van der Waals surface area contributed by atoms with Gasteiger partial charge in [-0.3, -0.25) is 9.52 Å². The summed E-state index contributed by atoms with van der Waals surface area (Å²) in [5.74, 6) is -0.516. The van der Waals surface area contributed by atoms with Crippen LogP contribution < -0.4 is 14.6 Å². The average molecular weight is 431 g/mol. The van der Waals surface area contributed by atoms with Gasteiger partial charge in [-0.15, -0.1) is 0 Å². The van der Waals surface area contributed by atoms with Crippen molar-refractivity contribution < 1.29 is 22.3 Å². The van der Waals surface area contributed by atoms with E-state index in [0.29, 0.717) is 28.3 Å². The van der Waals surface area contributed by atoms with Crippen LogP contribution in [-0.2, 0) is 10.2 Å². The number of ether oxygens (including phenoxy) is 1. The Labute approximate surface area is 174 Å². The summed E-state index contributed by atoms with van der Waals surface area (Å²) < 4.78 is 44.0. The van der Waals surface area contributed by atoms with E-state index in [9.17, 15) is 17.6 Å². The molecule has 1 unspecified atom stereocenters. The van der Waals surface area contributed by atoms with E-state index in [-0.39, 0.29) is 11.5 Å². The number of nitrogens with one attached hydrogen (secondary N) is 2. The molecule has 30 heavy (non-hydrogen) atoms. The Morgan fingerprint density at radius 2 is 1.83 bits per heavy atom. The van der Waals surface area contributed by atoms with Crippen molar-refractivity contribution in [1.82, 2.24) is 4.98 Å². The topological polar surface area (TPSA) is 114 Å². The molecule has 1 heterocycles. The first-order valence-corrected chi connectivity index (χ1v) is 10.6. The van der Waals surface area contributed by atoms with Crippen molar-refractivity contribution in [3.05, 3.63) is 82.4 Å². The van der Waals surface area contributed by atoms with Gasteiger partial charge in [-0.1, -0.05) is 13.0 Å². The predicted octanol–water partition coefficient (Wildman–Crippen LogP) is 3.47. The summed E-state index contributed by atoms with van der Waals surface area (Å²) >= 11 is 0. The van der Waals surface area contributed by atoms with Gasteiger partial charge in [0, 0.05) is 17.2 Å². The number of carbonyl (C=O) groups excluding carboxylic acids is 1. The standard InChI is InChI=1S/C21H22FN3O4S/c1-12-10-19(24-20(12)21(26)14-4-7-16(29-3)8-5-14)13(2)17-9-6-15(11-18(17)22)25-30(23,27)28/h4-11,13,24-25H,1-3H3,(H2,23,27,28). The van der Waals surface area contributed by atoms with E-state index < -0.39 is 21.9 Å². The fourth-order valence-corrected chi connectivity index (χ4v) is 3.67. The number of anilines is 1. The van der Waals surface area contributed by atoms with Crippen LogP contribution in [0.2, 0.25) is 0 Å². The molecule has 4 N–H and O–H groups in total. The number of ketones is 1. The summed E-state index contributed by atoms with van der Waals surface area (Å²) in [5, 5.41) is 4.91. The molecule has 0 saturated heterocycles. The molecule has 158 valence electrons. The first kappa shape index (κ1) is 21.5. The Hall–Kier alpha value is -3.17. The number of carbonyl (C=O) groups is 1. The summed E-state index contributed by atoms with van der Waals surface area (Å²) in [4.78, 5) is 16.0. The molecular formula is C21H22FN3O4S. The summed E-state index contributed by atoms with van der Waals surface area (Å²) in [5.41, 5.74) is 2.71. The number of aryl methyl sites for hydroxylation is 1. The zero-order chi connectivity index (χ0) is 22.1.